The SMILES string of the molecule is C/C=C/c1ccccc1OC(CNCC)COC. The molecule has 0 aliphatic rings. The lowest BCUT2D eigenvalue weighted by atomic mass is 10.2. The van der Waals surface area contributed by atoms with E-state index in [1.165, 1.54) is 0 Å². The van der Waals surface area contributed by atoms with Crippen LogP contribution >= 0.6 is 0 Å². The third kappa shape index (κ3) is 4.90. The maximum Gasteiger partial charge on any atom is 0.134 e. The number of nitrogens with one attached hydrogen (secondary N) is 1. The molecule has 0 fully saturated rings. The average molecular weight is 249 g/mol. The van der Waals surface area contributed by atoms with Gasteiger partial charge in [-0.15, -0.1) is 0 Å². The molecule has 0 radical (unpaired) electrons. The number of ether oxygens (including phenoxy) is 2. The molecule has 0 aliphatic carbocycles. The summed E-state index contributed by atoms with van der Waals surface area (Å²) in [6.07, 6.45) is 4.09. The van der Waals surface area contributed by atoms with Gasteiger partial charge < -0.3 is 14.8 Å². The molecule has 0 aromatic heterocycles. The van der Waals surface area contributed by atoms with Crippen LogP contribution in [-0.4, -0.2) is 32.9 Å². The van der Waals surface area contributed by atoms with E-state index >= 15 is 0 Å². The van der Waals surface area contributed by atoms with E-state index in [0.717, 1.165) is 24.4 Å². The molecule has 18 heavy (non-hydrogen) atoms. The third-order valence-electron chi connectivity index (χ3n) is 2.53. The molecule has 0 aliphatic heterocycles. The zero-order chi connectivity index (χ0) is 13.2. The number of likely N-dealkylation sites (N-methyl/N-ethyl adjacent to an activating group) is 1. The normalized spacial score (nSPS) is 12.8. The van der Waals surface area contributed by atoms with Crippen LogP contribution in [0.3, 0.4) is 0 Å². The summed E-state index contributed by atoms with van der Waals surface area (Å²) in [7, 11) is 1.69. The number of para-hydroxylation sites is 1. The Bertz CT molecular complexity index is 363. The van der Waals surface area contributed by atoms with Crippen LogP contribution in [-0.2, 0) is 4.74 Å². The maximum atomic E-state index is 6.00. The lowest BCUT2D eigenvalue weighted by molar-refractivity contribution is 0.0808. The van der Waals surface area contributed by atoms with E-state index < -0.39 is 0 Å². The smallest absolute Gasteiger partial charge is 0.134 e. The minimum absolute atomic E-state index is 0.0290. The summed E-state index contributed by atoms with van der Waals surface area (Å²) in [6, 6.07) is 8.04. The molecule has 0 amide bonds. The lowest BCUT2D eigenvalue weighted by Gasteiger charge is -2.20. The van der Waals surface area contributed by atoms with Crippen molar-refractivity contribution >= 4 is 6.08 Å². The molecule has 1 atom stereocenters. The van der Waals surface area contributed by atoms with Gasteiger partial charge in [-0.1, -0.05) is 37.3 Å². The summed E-state index contributed by atoms with van der Waals surface area (Å²) in [5.74, 6) is 0.899. The first-order chi connectivity index (χ1) is 8.81. The van der Waals surface area contributed by atoms with E-state index in [2.05, 4.69) is 12.2 Å². The van der Waals surface area contributed by atoms with Crippen molar-refractivity contribution in [3.8, 4) is 5.75 Å². The number of hydrogen-bond donors (Lipinski definition) is 1. The van der Waals surface area contributed by atoms with Gasteiger partial charge >= 0.3 is 0 Å². The fourth-order valence-corrected chi connectivity index (χ4v) is 1.71. The Morgan fingerprint density at radius 1 is 1.33 bits per heavy atom. The van der Waals surface area contributed by atoms with Crippen molar-refractivity contribution in [2.45, 2.75) is 20.0 Å². The summed E-state index contributed by atoms with van der Waals surface area (Å²) in [5, 5.41) is 3.28. The van der Waals surface area contributed by atoms with Gasteiger partial charge in [-0.05, 0) is 19.5 Å². The van der Waals surface area contributed by atoms with Crippen LogP contribution in [0.25, 0.3) is 6.08 Å². The zero-order valence-corrected chi connectivity index (χ0v) is 11.5. The van der Waals surface area contributed by atoms with Crippen molar-refractivity contribution in [3.05, 3.63) is 35.9 Å². The summed E-state index contributed by atoms with van der Waals surface area (Å²) in [4.78, 5) is 0. The summed E-state index contributed by atoms with van der Waals surface area (Å²) < 4.78 is 11.2. The molecule has 3 heteroatoms. The minimum atomic E-state index is 0.0290. The predicted octanol–water partition coefficient (Wildman–Crippen LogP) is 2.72. The van der Waals surface area contributed by atoms with E-state index in [0.29, 0.717) is 6.61 Å². The molecule has 0 heterocycles. The summed E-state index contributed by atoms with van der Waals surface area (Å²) in [5.41, 5.74) is 1.10. The van der Waals surface area contributed by atoms with E-state index in [4.69, 9.17) is 9.47 Å². The first-order valence-electron chi connectivity index (χ1n) is 6.39. The quantitative estimate of drug-likeness (QED) is 0.768. The molecule has 0 spiro atoms. The molecule has 0 bridgehead atoms. The summed E-state index contributed by atoms with van der Waals surface area (Å²) in [6.45, 7) is 6.38. The van der Waals surface area contributed by atoms with Crippen LogP contribution in [0.5, 0.6) is 5.75 Å². The highest BCUT2D eigenvalue weighted by Gasteiger charge is 2.11. The van der Waals surface area contributed by atoms with Crippen LogP contribution < -0.4 is 10.1 Å². The topological polar surface area (TPSA) is 30.5 Å². The summed E-state index contributed by atoms with van der Waals surface area (Å²) >= 11 is 0. The van der Waals surface area contributed by atoms with Gasteiger partial charge in [0.1, 0.15) is 11.9 Å². The number of allylic oxidation sites excluding steroid dienone is 1. The second-order valence-electron chi connectivity index (χ2n) is 4.04. The first-order valence-corrected chi connectivity index (χ1v) is 6.39. The van der Waals surface area contributed by atoms with Gasteiger partial charge in [0.2, 0.25) is 0 Å². The molecule has 1 aromatic rings. The molecule has 0 saturated carbocycles. The maximum absolute atomic E-state index is 6.00. The van der Waals surface area contributed by atoms with E-state index in [1.54, 1.807) is 7.11 Å². The highest BCUT2D eigenvalue weighted by molar-refractivity contribution is 5.56. The van der Waals surface area contributed by atoms with Gasteiger partial charge in [0.25, 0.3) is 0 Å². The molecule has 0 saturated heterocycles. The van der Waals surface area contributed by atoms with Gasteiger partial charge in [-0.25, -0.2) is 0 Å². The number of hydrogen-bond acceptors (Lipinski definition) is 3. The second-order valence-corrected chi connectivity index (χ2v) is 4.04. The average Bonchev–Trinajstić information content (AvgIpc) is 2.39. The molecule has 100 valence electrons. The van der Waals surface area contributed by atoms with E-state index in [-0.39, 0.29) is 6.10 Å². The Hall–Kier alpha value is -1.32. The van der Waals surface area contributed by atoms with Crippen LogP contribution in [0.15, 0.2) is 30.3 Å². The second kappa shape index (κ2) is 8.72. The molecule has 1 aromatic carbocycles. The highest BCUT2D eigenvalue weighted by Crippen LogP contribution is 2.20. The Morgan fingerprint density at radius 3 is 2.78 bits per heavy atom. The number of benzene rings is 1. The Balaban J connectivity index is 2.72. The van der Waals surface area contributed by atoms with Crippen LogP contribution in [0.1, 0.15) is 19.4 Å². The van der Waals surface area contributed by atoms with Gasteiger partial charge in [0.15, 0.2) is 0 Å². The first kappa shape index (κ1) is 14.7. The zero-order valence-electron chi connectivity index (χ0n) is 11.5. The third-order valence-corrected chi connectivity index (χ3v) is 2.53. The van der Waals surface area contributed by atoms with Crippen molar-refractivity contribution in [2.24, 2.45) is 0 Å². The van der Waals surface area contributed by atoms with Crippen molar-refractivity contribution in [3.63, 3.8) is 0 Å². The molecule has 1 rings (SSSR count). The number of rotatable bonds is 8. The molecule has 3 nitrogen and oxygen atoms in total. The van der Waals surface area contributed by atoms with Crippen LogP contribution in [0.2, 0.25) is 0 Å². The van der Waals surface area contributed by atoms with Crippen molar-refractivity contribution in [1.82, 2.24) is 5.32 Å². The van der Waals surface area contributed by atoms with Crippen LogP contribution in [0, 0.1) is 0 Å². The minimum Gasteiger partial charge on any atom is -0.486 e. The van der Waals surface area contributed by atoms with Crippen LogP contribution in [0.4, 0.5) is 0 Å². The molecule has 1 N–H and O–H groups in total. The largest absolute Gasteiger partial charge is 0.486 e. The van der Waals surface area contributed by atoms with Crippen molar-refractivity contribution < 1.29 is 9.47 Å². The van der Waals surface area contributed by atoms with Gasteiger partial charge in [-0.2, -0.15) is 0 Å². The molecular formula is C15H23NO2. The predicted molar refractivity (Wildman–Crippen MR) is 76.0 cm³/mol. The van der Waals surface area contributed by atoms with Crippen molar-refractivity contribution in [2.75, 3.05) is 26.8 Å². The van der Waals surface area contributed by atoms with E-state index in [9.17, 15) is 0 Å². The Labute approximate surface area is 110 Å². The Morgan fingerprint density at radius 2 is 2.11 bits per heavy atom. The van der Waals surface area contributed by atoms with Gasteiger partial charge in [-0.3, -0.25) is 0 Å². The highest BCUT2D eigenvalue weighted by atomic mass is 16.5. The standard InChI is InChI=1S/C15H23NO2/c1-4-8-13-9-6-7-10-15(13)18-14(12-17-3)11-16-5-2/h4,6-10,14,16H,5,11-12H2,1-3H3/b8-4+. The van der Waals surface area contributed by atoms with Gasteiger partial charge in [0.05, 0.1) is 6.61 Å². The lowest BCUT2D eigenvalue weighted by Crippen LogP contribution is -2.35. The van der Waals surface area contributed by atoms with Gasteiger partial charge in [0, 0.05) is 19.2 Å². The van der Waals surface area contributed by atoms with Crippen molar-refractivity contribution in [1.29, 1.82) is 0 Å². The molecular weight excluding hydrogens is 226 g/mol. The van der Waals surface area contributed by atoms with E-state index in [1.807, 2.05) is 43.3 Å². The molecule has 1 unspecified atom stereocenters. The fourth-order valence-electron chi connectivity index (χ4n) is 1.71. The monoisotopic (exact) mass is 249 g/mol. The Kier molecular flexibility index (Phi) is 7.14. The number of methoxy groups -OCH3 is 1. The fraction of sp³-hybridized carbons (Fsp3) is 0.467.